The van der Waals surface area contributed by atoms with E-state index < -0.39 is 0 Å². The van der Waals surface area contributed by atoms with E-state index in [4.69, 9.17) is 14.2 Å². The first-order valence-electron chi connectivity index (χ1n) is 6.29. The standard InChI is InChI=1S/C15H14O4S/c1-17-15(16)14-13(19-8-11-7-18-11)12(9-20-14)10-5-3-2-4-6-10/h2-6,9,11H,7-8H2,1H3. The van der Waals surface area contributed by atoms with E-state index in [1.54, 1.807) is 0 Å². The Kier molecular flexibility index (Phi) is 3.71. The van der Waals surface area contributed by atoms with Gasteiger partial charge in [-0.1, -0.05) is 30.3 Å². The van der Waals surface area contributed by atoms with Gasteiger partial charge in [-0.2, -0.15) is 0 Å². The fraction of sp³-hybridized carbons (Fsp3) is 0.267. The third-order valence-corrected chi connectivity index (χ3v) is 3.96. The number of carbonyl (C=O) groups excluding carboxylic acids is 1. The highest BCUT2D eigenvalue weighted by Gasteiger charge is 2.27. The molecule has 1 aromatic carbocycles. The average molecular weight is 290 g/mol. The molecule has 0 saturated carbocycles. The molecule has 0 radical (unpaired) electrons. The van der Waals surface area contributed by atoms with Crippen LogP contribution in [0.25, 0.3) is 11.1 Å². The molecular weight excluding hydrogens is 276 g/mol. The van der Waals surface area contributed by atoms with Crippen LogP contribution < -0.4 is 4.74 Å². The Morgan fingerprint density at radius 2 is 2.15 bits per heavy atom. The summed E-state index contributed by atoms with van der Waals surface area (Å²) in [5.41, 5.74) is 1.93. The molecule has 5 heteroatoms. The molecule has 20 heavy (non-hydrogen) atoms. The van der Waals surface area contributed by atoms with Crippen LogP contribution in [-0.4, -0.2) is 32.4 Å². The zero-order valence-corrected chi connectivity index (χ0v) is 11.8. The van der Waals surface area contributed by atoms with Crippen molar-refractivity contribution in [3.63, 3.8) is 0 Å². The van der Waals surface area contributed by atoms with Crippen LogP contribution in [-0.2, 0) is 9.47 Å². The molecule has 1 fully saturated rings. The Balaban J connectivity index is 1.95. The number of hydrogen-bond donors (Lipinski definition) is 0. The number of carbonyl (C=O) groups is 1. The molecule has 1 aromatic heterocycles. The Morgan fingerprint density at radius 1 is 1.40 bits per heavy atom. The van der Waals surface area contributed by atoms with Gasteiger partial charge in [0.15, 0.2) is 10.6 Å². The molecule has 1 atom stereocenters. The molecule has 4 nitrogen and oxygen atoms in total. The first kappa shape index (κ1) is 13.1. The van der Waals surface area contributed by atoms with Crippen LogP contribution in [0.5, 0.6) is 5.75 Å². The van der Waals surface area contributed by atoms with Crippen LogP contribution in [0.2, 0.25) is 0 Å². The number of benzene rings is 1. The van der Waals surface area contributed by atoms with E-state index in [1.165, 1.54) is 18.4 Å². The van der Waals surface area contributed by atoms with Crippen molar-refractivity contribution in [3.8, 4) is 16.9 Å². The Labute approximate surface area is 120 Å². The number of esters is 1. The first-order valence-corrected chi connectivity index (χ1v) is 7.17. The Morgan fingerprint density at radius 3 is 2.80 bits per heavy atom. The maximum Gasteiger partial charge on any atom is 0.351 e. The minimum absolute atomic E-state index is 0.143. The van der Waals surface area contributed by atoms with Gasteiger partial charge in [-0.15, -0.1) is 11.3 Å². The zero-order valence-electron chi connectivity index (χ0n) is 11.0. The SMILES string of the molecule is COC(=O)c1scc(-c2ccccc2)c1OCC1CO1. The topological polar surface area (TPSA) is 48.1 Å². The maximum atomic E-state index is 11.8. The van der Waals surface area contributed by atoms with E-state index in [0.717, 1.165) is 17.7 Å². The van der Waals surface area contributed by atoms with E-state index in [2.05, 4.69) is 0 Å². The van der Waals surface area contributed by atoms with Crippen molar-refractivity contribution >= 4 is 17.3 Å². The van der Waals surface area contributed by atoms with E-state index >= 15 is 0 Å². The van der Waals surface area contributed by atoms with E-state index in [0.29, 0.717) is 17.2 Å². The van der Waals surface area contributed by atoms with Gasteiger partial charge in [0.25, 0.3) is 0 Å². The van der Waals surface area contributed by atoms with Crippen LogP contribution in [0, 0.1) is 0 Å². The summed E-state index contributed by atoms with van der Waals surface area (Å²) in [4.78, 5) is 12.3. The lowest BCUT2D eigenvalue weighted by Gasteiger charge is -2.08. The van der Waals surface area contributed by atoms with Gasteiger partial charge in [0.1, 0.15) is 12.7 Å². The van der Waals surface area contributed by atoms with E-state index in [9.17, 15) is 4.79 Å². The van der Waals surface area contributed by atoms with Crippen LogP contribution in [0.4, 0.5) is 0 Å². The molecule has 1 aliphatic rings. The highest BCUT2D eigenvalue weighted by molar-refractivity contribution is 7.12. The van der Waals surface area contributed by atoms with Crippen molar-refractivity contribution < 1.29 is 19.0 Å². The van der Waals surface area contributed by atoms with Crippen LogP contribution in [0.15, 0.2) is 35.7 Å². The fourth-order valence-corrected chi connectivity index (χ4v) is 2.82. The highest BCUT2D eigenvalue weighted by Crippen LogP contribution is 2.39. The second-order valence-electron chi connectivity index (χ2n) is 4.43. The van der Waals surface area contributed by atoms with Gasteiger partial charge in [-0.05, 0) is 5.56 Å². The fourth-order valence-electron chi connectivity index (χ4n) is 1.88. The van der Waals surface area contributed by atoms with Gasteiger partial charge < -0.3 is 14.2 Å². The molecular formula is C15H14O4S. The van der Waals surface area contributed by atoms with Crippen LogP contribution in [0.3, 0.4) is 0 Å². The second-order valence-corrected chi connectivity index (χ2v) is 5.31. The molecule has 0 amide bonds. The van der Waals surface area contributed by atoms with E-state index in [-0.39, 0.29) is 12.1 Å². The lowest BCUT2D eigenvalue weighted by molar-refractivity contribution is 0.0601. The molecule has 104 valence electrons. The second kappa shape index (κ2) is 5.64. The largest absolute Gasteiger partial charge is 0.488 e. The molecule has 1 saturated heterocycles. The Bertz CT molecular complexity index is 602. The number of rotatable bonds is 5. The molecule has 2 aromatic rings. The quantitative estimate of drug-likeness (QED) is 0.627. The minimum atomic E-state index is -0.371. The molecule has 3 rings (SSSR count). The van der Waals surface area contributed by atoms with Crippen molar-refractivity contribution in [1.82, 2.24) is 0 Å². The third kappa shape index (κ3) is 2.69. The molecule has 0 N–H and O–H groups in total. The van der Waals surface area contributed by atoms with Gasteiger partial charge >= 0.3 is 5.97 Å². The number of thiophene rings is 1. The predicted octanol–water partition coefficient (Wildman–Crippen LogP) is 2.98. The highest BCUT2D eigenvalue weighted by atomic mass is 32.1. The number of hydrogen-bond acceptors (Lipinski definition) is 5. The monoisotopic (exact) mass is 290 g/mol. The predicted molar refractivity (Wildman–Crippen MR) is 76.3 cm³/mol. The number of methoxy groups -OCH3 is 1. The van der Waals surface area contributed by atoms with Gasteiger partial charge in [-0.25, -0.2) is 4.79 Å². The number of ether oxygens (including phenoxy) is 3. The van der Waals surface area contributed by atoms with Crippen molar-refractivity contribution in [3.05, 3.63) is 40.6 Å². The summed E-state index contributed by atoms with van der Waals surface area (Å²) in [6, 6.07) is 9.85. The molecule has 0 spiro atoms. The normalized spacial score (nSPS) is 16.8. The van der Waals surface area contributed by atoms with Crippen molar-refractivity contribution in [2.45, 2.75) is 6.10 Å². The van der Waals surface area contributed by atoms with Crippen molar-refractivity contribution in [2.24, 2.45) is 0 Å². The van der Waals surface area contributed by atoms with Gasteiger partial charge in [0.2, 0.25) is 0 Å². The molecule has 0 aliphatic carbocycles. The summed E-state index contributed by atoms with van der Waals surface area (Å²) in [5.74, 6) is 0.215. The smallest absolute Gasteiger partial charge is 0.351 e. The average Bonchev–Trinajstić information content (AvgIpc) is 3.23. The summed E-state index contributed by atoms with van der Waals surface area (Å²) in [5, 5.41) is 1.92. The summed E-state index contributed by atoms with van der Waals surface area (Å²) >= 11 is 1.34. The third-order valence-electron chi connectivity index (χ3n) is 3.02. The molecule has 1 unspecified atom stereocenters. The van der Waals surface area contributed by atoms with Gasteiger partial charge in [-0.3, -0.25) is 0 Å². The lowest BCUT2D eigenvalue weighted by Crippen LogP contribution is -2.08. The summed E-state index contributed by atoms with van der Waals surface area (Å²) in [6.45, 7) is 1.18. The van der Waals surface area contributed by atoms with Crippen LogP contribution in [0.1, 0.15) is 9.67 Å². The Hall–Kier alpha value is -1.85. The molecule has 1 aliphatic heterocycles. The maximum absolute atomic E-state index is 11.8. The van der Waals surface area contributed by atoms with Crippen molar-refractivity contribution in [1.29, 1.82) is 0 Å². The minimum Gasteiger partial charge on any atom is -0.488 e. The molecule has 0 bridgehead atoms. The summed E-state index contributed by atoms with van der Waals surface area (Å²) in [6.07, 6.45) is 0.143. The van der Waals surface area contributed by atoms with Gasteiger partial charge in [0.05, 0.1) is 13.7 Å². The lowest BCUT2D eigenvalue weighted by atomic mass is 10.1. The van der Waals surface area contributed by atoms with Gasteiger partial charge in [0, 0.05) is 10.9 Å². The van der Waals surface area contributed by atoms with Crippen LogP contribution >= 0.6 is 11.3 Å². The molecule has 2 heterocycles. The van der Waals surface area contributed by atoms with E-state index in [1.807, 2.05) is 35.7 Å². The number of epoxide rings is 1. The summed E-state index contributed by atoms with van der Waals surface area (Å²) in [7, 11) is 1.37. The first-order chi connectivity index (χ1) is 9.79. The summed E-state index contributed by atoms with van der Waals surface area (Å²) < 4.78 is 15.7. The zero-order chi connectivity index (χ0) is 13.9. The van der Waals surface area contributed by atoms with Crippen molar-refractivity contribution in [2.75, 3.05) is 20.3 Å².